The summed E-state index contributed by atoms with van der Waals surface area (Å²) >= 11 is 1.71. The molecule has 1 amide bonds. The number of rotatable bonds is 4. The molecule has 0 N–H and O–H groups in total. The molecule has 1 aliphatic heterocycles. The summed E-state index contributed by atoms with van der Waals surface area (Å²) in [7, 11) is 0. The Balaban J connectivity index is 1.50. The van der Waals surface area contributed by atoms with Gasteiger partial charge in [0.25, 0.3) is 0 Å². The second-order valence-electron chi connectivity index (χ2n) is 5.78. The third kappa shape index (κ3) is 2.86. The van der Waals surface area contributed by atoms with Crippen LogP contribution in [0.25, 0.3) is 10.2 Å². The molecule has 0 radical (unpaired) electrons. The summed E-state index contributed by atoms with van der Waals surface area (Å²) in [6, 6.07) is 10.2. The monoisotopic (exact) mass is 326 g/mol. The van der Waals surface area contributed by atoms with Crippen LogP contribution in [-0.2, 0) is 11.3 Å². The Morgan fingerprint density at radius 2 is 2.22 bits per heavy atom. The van der Waals surface area contributed by atoms with Crippen molar-refractivity contribution >= 4 is 27.5 Å². The zero-order valence-corrected chi connectivity index (χ0v) is 13.6. The van der Waals surface area contributed by atoms with Crippen LogP contribution in [-0.4, -0.2) is 32.1 Å². The lowest BCUT2D eigenvalue weighted by Gasteiger charge is -2.23. The number of nitrogens with zero attached hydrogens (tertiary/aromatic N) is 4. The zero-order valence-electron chi connectivity index (χ0n) is 12.8. The van der Waals surface area contributed by atoms with Crippen molar-refractivity contribution in [1.82, 2.24) is 19.7 Å². The molecule has 23 heavy (non-hydrogen) atoms. The normalized spacial score (nSPS) is 17.9. The molecule has 4 rings (SSSR count). The van der Waals surface area contributed by atoms with E-state index in [4.69, 9.17) is 4.98 Å². The molecule has 2 aromatic heterocycles. The van der Waals surface area contributed by atoms with Crippen LogP contribution in [0.3, 0.4) is 0 Å². The van der Waals surface area contributed by atoms with Crippen molar-refractivity contribution in [2.45, 2.75) is 31.8 Å². The molecule has 1 fully saturated rings. The summed E-state index contributed by atoms with van der Waals surface area (Å²) in [6.45, 7) is 1.47. The number of para-hydroxylation sites is 1. The first-order valence-corrected chi connectivity index (χ1v) is 8.75. The molecular formula is C17H18N4OS. The number of fused-ring (bicyclic) bond motifs is 1. The van der Waals surface area contributed by atoms with Crippen molar-refractivity contribution in [3.63, 3.8) is 0 Å². The van der Waals surface area contributed by atoms with Crippen LogP contribution in [0.1, 0.15) is 30.3 Å². The van der Waals surface area contributed by atoms with Crippen LogP contribution in [0.5, 0.6) is 0 Å². The van der Waals surface area contributed by atoms with Crippen LogP contribution < -0.4 is 0 Å². The first-order valence-electron chi connectivity index (χ1n) is 7.93. The van der Waals surface area contributed by atoms with Gasteiger partial charge in [-0.05, 0) is 31.0 Å². The average Bonchev–Trinajstić information content (AvgIpc) is 3.31. The minimum absolute atomic E-state index is 0.137. The number of hydrogen-bond acceptors (Lipinski definition) is 4. The number of aromatic nitrogens is 3. The third-order valence-electron chi connectivity index (χ3n) is 4.28. The van der Waals surface area contributed by atoms with Gasteiger partial charge in [0.15, 0.2) is 0 Å². The molecule has 0 spiro atoms. The Morgan fingerprint density at radius 1 is 1.30 bits per heavy atom. The Hall–Kier alpha value is -2.21. The highest BCUT2D eigenvalue weighted by atomic mass is 32.1. The van der Waals surface area contributed by atoms with Crippen LogP contribution in [0.2, 0.25) is 0 Å². The first-order chi connectivity index (χ1) is 11.3. The van der Waals surface area contributed by atoms with Gasteiger partial charge >= 0.3 is 0 Å². The molecular weight excluding hydrogens is 308 g/mol. The summed E-state index contributed by atoms with van der Waals surface area (Å²) in [5.74, 6) is 0.197. The van der Waals surface area contributed by atoms with E-state index in [1.165, 1.54) is 4.70 Å². The van der Waals surface area contributed by atoms with Crippen molar-refractivity contribution in [3.8, 4) is 0 Å². The quantitative estimate of drug-likeness (QED) is 0.739. The SMILES string of the molecule is O=C(CCn1cccn1)N1CCCC1c1nc2ccccc2s1. The lowest BCUT2D eigenvalue weighted by atomic mass is 10.2. The van der Waals surface area contributed by atoms with E-state index in [0.29, 0.717) is 13.0 Å². The number of thiazole rings is 1. The number of carbonyl (C=O) groups excluding carboxylic acids is 1. The maximum absolute atomic E-state index is 12.6. The van der Waals surface area contributed by atoms with Gasteiger partial charge in [0, 0.05) is 31.9 Å². The molecule has 6 heteroatoms. The number of amides is 1. The molecule has 1 aliphatic rings. The maximum Gasteiger partial charge on any atom is 0.225 e. The molecule has 3 heterocycles. The maximum atomic E-state index is 12.6. The second kappa shape index (κ2) is 6.12. The minimum atomic E-state index is 0.137. The van der Waals surface area contributed by atoms with Crippen LogP contribution in [0.4, 0.5) is 0 Å². The highest BCUT2D eigenvalue weighted by Crippen LogP contribution is 2.36. The fourth-order valence-electron chi connectivity index (χ4n) is 3.14. The summed E-state index contributed by atoms with van der Waals surface area (Å²) in [4.78, 5) is 19.3. The van der Waals surface area contributed by atoms with E-state index in [0.717, 1.165) is 29.9 Å². The van der Waals surface area contributed by atoms with E-state index < -0.39 is 0 Å². The predicted octanol–water partition coefficient (Wildman–Crippen LogP) is 3.25. The van der Waals surface area contributed by atoms with Gasteiger partial charge in [-0.2, -0.15) is 5.10 Å². The summed E-state index contributed by atoms with van der Waals surface area (Å²) in [6.07, 6.45) is 6.18. The van der Waals surface area contributed by atoms with Gasteiger partial charge in [-0.15, -0.1) is 11.3 Å². The van der Waals surface area contributed by atoms with Gasteiger partial charge in [0.1, 0.15) is 5.01 Å². The number of likely N-dealkylation sites (tertiary alicyclic amines) is 1. The van der Waals surface area contributed by atoms with E-state index in [-0.39, 0.29) is 11.9 Å². The molecule has 1 atom stereocenters. The van der Waals surface area contributed by atoms with Gasteiger partial charge < -0.3 is 4.90 Å². The van der Waals surface area contributed by atoms with Crippen molar-refractivity contribution in [2.75, 3.05) is 6.54 Å². The molecule has 118 valence electrons. The van der Waals surface area contributed by atoms with Gasteiger partial charge in [-0.25, -0.2) is 4.98 Å². The second-order valence-corrected chi connectivity index (χ2v) is 6.85. The lowest BCUT2D eigenvalue weighted by molar-refractivity contribution is -0.132. The molecule has 5 nitrogen and oxygen atoms in total. The van der Waals surface area contributed by atoms with Crippen molar-refractivity contribution < 1.29 is 4.79 Å². The standard InChI is InChI=1S/C17H18N4OS/c22-16(8-12-20-10-4-9-18-20)21-11-3-6-14(21)17-19-13-5-1-2-7-15(13)23-17/h1-2,4-5,7,9-10,14H,3,6,8,11-12H2. The molecule has 1 aromatic carbocycles. The number of benzene rings is 1. The highest BCUT2D eigenvalue weighted by Gasteiger charge is 2.31. The van der Waals surface area contributed by atoms with Gasteiger partial charge in [0.05, 0.1) is 16.3 Å². The van der Waals surface area contributed by atoms with E-state index in [1.807, 2.05) is 35.4 Å². The first kappa shape index (κ1) is 14.4. The van der Waals surface area contributed by atoms with E-state index >= 15 is 0 Å². The zero-order chi connectivity index (χ0) is 15.6. The topological polar surface area (TPSA) is 51.0 Å². The smallest absolute Gasteiger partial charge is 0.225 e. The molecule has 0 aliphatic carbocycles. The van der Waals surface area contributed by atoms with E-state index in [1.54, 1.807) is 22.2 Å². The molecule has 0 saturated carbocycles. The predicted molar refractivity (Wildman–Crippen MR) is 90.2 cm³/mol. The number of aryl methyl sites for hydroxylation is 1. The minimum Gasteiger partial charge on any atom is -0.333 e. The Morgan fingerprint density at radius 3 is 3.04 bits per heavy atom. The third-order valence-corrected chi connectivity index (χ3v) is 5.42. The average molecular weight is 326 g/mol. The van der Waals surface area contributed by atoms with Crippen LogP contribution in [0, 0.1) is 0 Å². The van der Waals surface area contributed by atoms with E-state index in [9.17, 15) is 4.79 Å². The number of hydrogen-bond donors (Lipinski definition) is 0. The number of carbonyl (C=O) groups is 1. The molecule has 1 unspecified atom stereocenters. The van der Waals surface area contributed by atoms with Crippen LogP contribution >= 0.6 is 11.3 Å². The molecule has 3 aromatic rings. The summed E-state index contributed by atoms with van der Waals surface area (Å²) < 4.78 is 3.00. The van der Waals surface area contributed by atoms with Crippen molar-refractivity contribution in [2.24, 2.45) is 0 Å². The molecule has 0 bridgehead atoms. The Kier molecular flexibility index (Phi) is 3.83. The van der Waals surface area contributed by atoms with Gasteiger partial charge in [-0.1, -0.05) is 12.1 Å². The fraction of sp³-hybridized carbons (Fsp3) is 0.353. The van der Waals surface area contributed by atoms with Gasteiger partial charge in [0.2, 0.25) is 5.91 Å². The Bertz CT molecular complexity index is 778. The summed E-state index contributed by atoms with van der Waals surface area (Å²) in [5.41, 5.74) is 1.03. The largest absolute Gasteiger partial charge is 0.333 e. The Labute approximate surface area is 138 Å². The highest BCUT2D eigenvalue weighted by molar-refractivity contribution is 7.18. The van der Waals surface area contributed by atoms with Gasteiger partial charge in [-0.3, -0.25) is 9.48 Å². The van der Waals surface area contributed by atoms with Crippen molar-refractivity contribution in [1.29, 1.82) is 0 Å². The van der Waals surface area contributed by atoms with Crippen molar-refractivity contribution in [3.05, 3.63) is 47.7 Å². The lowest BCUT2D eigenvalue weighted by Crippen LogP contribution is -2.31. The van der Waals surface area contributed by atoms with E-state index in [2.05, 4.69) is 11.2 Å². The molecule has 1 saturated heterocycles. The van der Waals surface area contributed by atoms with Crippen LogP contribution in [0.15, 0.2) is 42.7 Å². The summed E-state index contributed by atoms with van der Waals surface area (Å²) in [5, 5.41) is 5.22. The fourth-order valence-corrected chi connectivity index (χ4v) is 4.26.